The molecular formula is C31H40F3N3O7S. The molecule has 45 heavy (non-hydrogen) atoms. The third-order valence-electron chi connectivity index (χ3n) is 8.94. The first kappa shape index (κ1) is 33.2. The van der Waals surface area contributed by atoms with E-state index in [2.05, 4.69) is 9.88 Å². The fourth-order valence-corrected chi connectivity index (χ4v) is 7.01. The maximum absolute atomic E-state index is 12.8. The van der Waals surface area contributed by atoms with Crippen molar-refractivity contribution in [2.45, 2.75) is 108 Å². The molecule has 1 saturated carbocycles. The zero-order valence-electron chi connectivity index (χ0n) is 25.2. The number of oxazole rings is 1. The molecule has 248 valence electrons. The van der Waals surface area contributed by atoms with Gasteiger partial charge in [-0.25, -0.2) is 9.71 Å². The highest BCUT2D eigenvalue weighted by atomic mass is 32.2. The van der Waals surface area contributed by atoms with Gasteiger partial charge in [-0.2, -0.15) is 21.6 Å². The molecule has 1 aromatic carbocycles. The second kappa shape index (κ2) is 14.5. The lowest BCUT2D eigenvalue weighted by Crippen LogP contribution is -2.40. The SMILES string of the molecule is O=C(CCc1cc2c(cc1CN1CCC[C@H]1c1nc(C(=O)CCCCCC3CCCCC3)co1)OCO2)NS(=O)(=O)C(F)(F)F. The number of halogens is 3. The second-order valence-corrected chi connectivity index (χ2v) is 13.8. The molecule has 1 N–H and O–H groups in total. The number of carbonyl (C=O) groups is 2. The molecule has 3 aliphatic rings. The Morgan fingerprint density at radius 2 is 1.69 bits per heavy atom. The van der Waals surface area contributed by atoms with E-state index in [9.17, 15) is 31.2 Å². The number of hydrogen-bond acceptors (Lipinski definition) is 9. The van der Waals surface area contributed by atoms with E-state index in [0.717, 1.165) is 48.3 Å². The van der Waals surface area contributed by atoms with Gasteiger partial charge in [-0.15, -0.1) is 0 Å². The summed E-state index contributed by atoms with van der Waals surface area (Å²) in [5, 5.41) is 0. The maximum atomic E-state index is 12.8. The van der Waals surface area contributed by atoms with Crippen molar-refractivity contribution in [1.29, 1.82) is 0 Å². The summed E-state index contributed by atoms with van der Waals surface area (Å²) in [6.07, 6.45) is 13.9. The van der Waals surface area contributed by atoms with E-state index in [0.29, 0.717) is 48.2 Å². The number of ketones is 1. The molecule has 5 rings (SSSR count). The van der Waals surface area contributed by atoms with Gasteiger partial charge in [-0.3, -0.25) is 14.5 Å². The number of alkyl halides is 3. The van der Waals surface area contributed by atoms with Crippen LogP contribution in [0.3, 0.4) is 0 Å². The number of nitrogens with zero attached hydrogens (tertiary/aromatic N) is 2. The molecule has 2 aliphatic heterocycles. The smallest absolute Gasteiger partial charge is 0.454 e. The predicted molar refractivity (Wildman–Crippen MR) is 157 cm³/mol. The first-order valence-corrected chi connectivity index (χ1v) is 17.2. The number of likely N-dealkylation sites (tertiary alicyclic amines) is 1. The number of aromatic nitrogens is 1. The number of ether oxygens (including phenoxy) is 2. The zero-order valence-corrected chi connectivity index (χ0v) is 26.0. The van der Waals surface area contributed by atoms with Crippen LogP contribution in [0, 0.1) is 5.92 Å². The highest BCUT2D eigenvalue weighted by Gasteiger charge is 2.47. The Morgan fingerprint density at radius 3 is 2.42 bits per heavy atom. The number of carbonyl (C=O) groups excluding carboxylic acids is 2. The first-order chi connectivity index (χ1) is 21.5. The molecule has 0 spiro atoms. The van der Waals surface area contributed by atoms with Crippen molar-refractivity contribution in [3.63, 3.8) is 0 Å². The Hall–Kier alpha value is -3.13. The van der Waals surface area contributed by atoms with Gasteiger partial charge in [0, 0.05) is 19.4 Å². The van der Waals surface area contributed by atoms with Crippen LogP contribution < -0.4 is 14.2 Å². The summed E-state index contributed by atoms with van der Waals surface area (Å²) in [6.45, 7) is 1.09. The monoisotopic (exact) mass is 655 g/mol. The van der Waals surface area contributed by atoms with Crippen LogP contribution in [0.4, 0.5) is 13.2 Å². The van der Waals surface area contributed by atoms with Gasteiger partial charge < -0.3 is 13.9 Å². The summed E-state index contributed by atoms with van der Waals surface area (Å²) in [4.78, 5) is 31.6. The predicted octanol–water partition coefficient (Wildman–Crippen LogP) is 6.35. The van der Waals surface area contributed by atoms with Gasteiger partial charge in [0.25, 0.3) is 0 Å². The van der Waals surface area contributed by atoms with E-state index < -0.39 is 27.9 Å². The van der Waals surface area contributed by atoms with Crippen molar-refractivity contribution < 1.29 is 45.1 Å². The van der Waals surface area contributed by atoms with Crippen molar-refractivity contribution in [2.24, 2.45) is 5.92 Å². The Balaban J connectivity index is 1.18. The molecule has 1 atom stereocenters. The standard InChI is InChI=1S/C31H40F3N3O7S/c32-31(33,34)45(40,41)36-29(39)14-13-22-16-27-28(44-20-43-27)17-23(22)18-37-15-7-11-25(37)30-35-24(19-42-30)26(38)12-6-2-5-10-21-8-3-1-4-9-21/h16-17,19,21,25H,1-15,18,20H2,(H,36,39)/t25-/m0/s1. The Kier molecular flexibility index (Phi) is 10.7. The van der Waals surface area contributed by atoms with Crippen molar-refractivity contribution in [1.82, 2.24) is 14.6 Å². The number of hydrogen-bond donors (Lipinski definition) is 1. The molecule has 10 nitrogen and oxygen atoms in total. The number of fused-ring (bicyclic) bond motifs is 1. The Morgan fingerprint density at radius 1 is 0.956 bits per heavy atom. The molecule has 2 fully saturated rings. The van der Waals surface area contributed by atoms with Crippen LogP contribution in [0.2, 0.25) is 0 Å². The number of benzene rings is 1. The third kappa shape index (κ3) is 8.57. The van der Waals surface area contributed by atoms with Gasteiger partial charge in [0.05, 0.1) is 6.04 Å². The van der Waals surface area contributed by atoms with Gasteiger partial charge in [0.2, 0.25) is 18.6 Å². The summed E-state index contributed by atoms with van der Waals surface area (Å²) in [7, 11) is -5.79. The normalized spacial score (nSPS) is 19.2. The third-order valence-corrected chi connectivity index (χ3v) is 10.0. The van der Waals surface area contributed by atoms with E-state index in [1.54, 1.807) is 12.1 Å². The number of aryl methyl sites for hydroxylation is 1. The molecule has 3 heterocycles. The molecule has 1 saturated heterocycles. The van der Waals surface area contributed by atoms with Crippen LogP contribution in [0.1, 0.15) is 117 Å². The van der Waals surface area contributed by atoms with Gasteiger partial charge in [0.15, 0.2) is 17.3 Å². The molecule has 1 aromatic heterocycles. The summed E-state index contributed by atoms with van der Waals surface area (Å²) in [5.74, 6) is 0.924. The van der Waals surface area contributed by atoms with Gasteiger partial charge in [-0.05, 0) is 61.4 Å². The maximum Gasteiger partial charge on any atom is 0.516 e. The summed E-state index contributed by atoms with van der Waals surface area (Å²) >= 11 is 0. The van der Waals surface area contributed by atoms with Crippen molar-refractivity contribution >= 4 is 21.7 Å². The van der Waals surface area contributed by atoms with E-state index in [-0.39, 0.29) is 25.0 Å². The number of Topliss-reactive ketones (excluding diaryl/α,β-unsaturated/α-hetero) is 1. The average molecular weight is 656 g/mol. The summed E-state index contributed by atoms with van der Waals surface area (Å²) in [6, 6.07) is 3.22. The quantitative estimate of drug-likeness (QED) is 0.183. The molecule has 1 amide bonds. The number of nitrogens with one attached hydrogen (secondary N) is 1. The minimum Gasteiger partial charge on any atom is -0.454 e. The van der Waals surface area contributed by atoms with Crippen LogP contribution in [-0.4, -0.2) is 48.8 Å². The van der Waals surface area contributed by atoms with Gasteiger partial charge >= 0.3 is 15.5 Å². The number of rotatable bonds is 14. The fraction of sp³-hybridized carbons (Fsp3) is 0.645. The summed E-state index contributed by atoms with van der Waals surface area (Å²) in [5.41, 5.74) is -3.91. The second-order valence-electron chi connectivity index (χ2n) is 12.2. The Bertz CT molecular complexity index is 1450. The average Bonchev–Trinajstić information content (AvgIpc) is 3.76. The molecule has 14 heteroatoms. The van der Waals surface area contributed by atoms with Crippen LogP contribution in [0.25, 0.3) is 0 Å². The van der Waals surface area contributed by atoms with E-state index in [1.165, 1.54) is 44.8 Å². The van der Waals surface area contributed by atoms with Gasteiger partial charge in [-0.1, -0.05) is 51.4 Å². The van der Waals surface area contributed by atoms with Crippen molar-refractivity contribution in [3.8, 4) is 11.5 Å². The minimum atomic E-state index is -5.79. The highest BCUT2D eigenvalue weighted by molar-refractivity contribution is 7.90. The topological polar surface area (TPSA) is 128 Å². The molecule has 0 radical (unpaired) electrons. The van der Waals surface area contributed by atoms with E-state index in [4.69, 9.17) is 13.9 Å². The molecule has 2 aromatic rings. The van der Waals surface area contributed by atoms with Crippen LogP contribution in [0.5, 0.6) is 11.5 Å². The Labute approximate surface area is 261 Å². The molecule has 0 unspecified atom stereocenters. The largest absolute Gasteiger partial charge is 0.516 e. The number of amides is 1. The van der Waals surface area contributed by atoms with E-state index >= 15 is 0 Å². The van der Waals surface area contributed by atoms with Crippen LogP contribution >= 0.6 is 0 Å². The van der Waals surface area contributed by atoms with Crippen molar-refractivity contribution in [3.05, 3.63) is 41.1 Å². The lowest BCUT2D eigenvalue weighted by Gasteiger charge is -2.23. The summed E-state index contributed by atoms with van der Waals surface area (Å²) < 4.78 is 78.6. The van der Waals surface area contributed by atoms with Crippen LogP contribution in [0.15, 0.2) is 22.8 Å². The molecule has 1 aliphatic carbocycles. The van der Waals surface area contributed by atoms with Crippen molar-refractivity contribution in [2.75, 3.05) is 13.3 Å². The lowest BCUT2D eigenvalue weighted by atomic mass is 9.85. The minimum absolute atomic E-state index is 0.00250. The first-order valence-electron chi connectivity index (χ1n) is 15.8. The zero-order chi connectivity index (χ0) is 32.0. The number of unbranched alkanes of at least 4 members (excludes halogenated alkanes) is 2. The van der Waals surface area contributed by atoms with E-state index in [1.807, 2.05) is 0 Å². The molecule has 0 bridgehead atoms. The highest BCUT2D eigenvalue weighted by Crippen LogP contribution is 2.39. The number of sulfonamides is 1. The lowest BCUT2D eigenvalue weighted by molar-refractivity contribution is -0.120. The van der Waals surface area contributed by atoms with Gasteiger partial charge in [0.1, 0.15) is 12.0 Å². The fourth-order valence-electron chi connectivity index (χ4n) is 6.49. The van der Waals surface area contributed by atoms with Crippen LogP contribution in [-0.2, 0) is 27.8 Å². The molecular weight excluding hydrogens is 615 g/mol.